The highest BCUT2D eigenvalue weighted by Gasteiger charge is 2.05. The molecule has 0 atom stereocenters. The fourth-order valence-corrected chi connectivity index (χ4v) is 2.54. The first-order valence-electron chi connectivity index (χ1n) is 9.11. The molecular formula is C21H30IN3O4. The average Bonchev–Trinajstić information content (AvgIpc) is 2.74. The number of methoxy groups -OCH3 is 3. The predicted molar refractivity (Wildman–Crippen MR) is 126 cm³/mol. The highest BCUT2D eigenvalue weighted by molar-refractivity contribution is 14.0. The van der Waals surface area contributed by atoms with Gasteiger partial charge in [0.15, 0.2) is 17.5 Å². The fraction of sp³-hybridized carbons (Fsp3) is 0.381. The number of rotatable bonds is 11. The molecule has 0 aliphatic heterocycles. The van der Waals surface area contributed by atoms with E-state index in [9.17, 15) is 0 Å². The topological polar surface area (TPSA) is 87.3 Å². The molecule has 0 heterocycles. The third-order valence-corrected chi connectivity index (χ3v) is 4.01. The van der Waals surface area contributed by atoms with Crippen LogP contribution in [-0.2, 0) is 17.8 Å². The zero-order chi connectivity index (χ0) is 20.2. The third-order valence-electron chi connectivity index (χ3n) is 4.01. The van der Waals surface area contributed by atoms with Crippen molar-refractivity contribution in [2.45, 2.75) is 19.5 Å². The molecule has 0 unspecified atom stereocenters. The molecule has 3 N–H and O–H groups in total. The van der Waals surface area contributed by atoms with Crippen LogP contribution in [0.5, 0.6) is 17.2 Å². The summed E-state index contributed by atoms with van der Waals surface area (Å²) in [6, 6.07) is 13.6. The lowest BCUT2D eigenvalue weighted by Gasteiger charge is -2.11. The van der Waals surface area contributed by atoms with Gasteiger partial charge in [0, 0.05) is 26.7 Å². The van der Waals surface area contributed by atoms with E-state index < -0.39 is 0 Å². The normalized spacial score (nSPS) is 10.8. The number of ether oxygens (including phenoxy) is 4. The molecule has 8 heteroatoms. The van der Waals surface area contributed by atoms with Crippen LogP contribution in [0, 0.1) is 0 Å². The Morgan fingerprint density at radius 3 is 2.48 bits per heavy atom. The Morgan fingerprint density at radius 1 is 0.966 bits per heavy atom. The van der Waals surface area contributed by atoms with Gasteiger partial charge < -0.3 is 30.0 Å². The zero-order valence-corrected chi connectivity index (χ0v) is 19.5. The van der Waals surface area contributed by atoms with Crippen molar-refractivity contribution in [2.75, 3.05) is 34.5 Å². The molecule has 0 aliphatic carbocycles. The zero-order valence-electron chi connectivity index (χ0n) is 17.1. The van der Waals surface area contributed by atoms with Gasteiger partial charge in [0.25, 0.3) is 0 Å². The van der Waals surface area contributed by atoms with E-state index in [1.807, 2.05) is 42.5 Å². The second-order valence-electron chi connectivity index (χ2n) is 6.09. The fourth-order valence-electron chi connectivity index (χ4n) is 2.54. The van der Waals surface area contributed by atoms with Crippen molar-refractivity contribution < 1.29 is 18.9 Å². The third kappa shape index (κ3) is 8.78. The van der Waals surface area contributed by atoms with Crippen molar-refractivity contribution in [3.63, 3.8) is 0 Å². The maximum Gasteiger partial charge on any atom is 0.189 e. The number of guanidine groups is 1. The number of nitrogens with two attached hydrogens (primary N) is 1. The number of hydrogen-bond acceptors (Lipinski definition) is 5. The molecule has 2 aromatic rings. The highest BCUT2D eigenvalue weighted by atomic mass is 127. The van der Waals surface area contributed by atoms with Crippen LogP contribution in [0.4, 0.5) is 0 Å². The van der Waals surface area contributed by atoms with Crippen molar-refractivity contribution >= 4 is 29.9 Å². The van der Waals surface area contributed by atoms with Crippen molar-refractivity contribution in [3.05, 3.63) is 53.6 Å². The van der Waals surface area contributed by atoms with Crippen LogP contribution < -0.4 is 25.3 Å². The van der Waals surface area contributed by atoms with Crippen LogP contribution in [0.2, 0.25) is 0 Å². The second kappa shape index (κ2) is 13.9. The molecule has 160 valence electrons. The summed E-state index contributed by atoms with van der Waals surface area (Å²) in [5.41, 5.74) is 8.03. The van der Waals surface area contributed by atoms with Gasteiger partial charge in [-0.2, -0.15) is 0 Å². The molecule has 2 rings (SSSR count). The number of benzene rings is 2. The maximum absolute atomic E-state index is 5.99. The Kier molecular flexibility index (Phi) is 11.9. The SMILES string of the molecule is COCCCOc1cccc(CN=C(N)NCc2ccc(OC)c(OC)c2)c1.I. The molecule has 0 aliphatic rings. The van der Waals surface area contributed by atoms with E-state index in [2.05, 4.69) is 10.3 Å². The van der Waals surface area contributed by atoms with E-state index in [0.717, 1.165) is 23.3 Å². The molecule has 0 fully saturated rings. The van der Waals surface area contributed by atoms with Gasteiger partial charge in [-0.25, -0.2) is 4.99 Å². The van der Waals surface area contributed by atoms with Crippen LogP contribution in [0.15, 0.2) is 47.5 Å². The van der Waals surface area contributed by atoms with E-state index in [-0.39, 0.29) is 24.0 Å². The molecule has 0 saturated heterocycles. The summed E-state index contributed by atoms with van der Waals surface area (Å²) in [5.74, 6) is 2.57. The Morgan fingerprint density at radius 2 is 1.76 bits per heavy atom. The van der Waals surface area contributed by atoms with E-state index in [0.29, 0.717) is 43.8 Å². The van der Waals surface area contributed by atoms with Gasteiger partial charge in [-0.15, -0.1) is 24.0 Å². The number of hydrogen-bond donors (Lipinski definition) is 2. The number of nitrogens with zero attached hydrogens (tertiary/aromatic N) is 1. The lowest BCUT2D eigenvalue weighted by Crippen LogP contribution is -2.31. The minimum Gasteiger partial charge on any atom is -0.493 e. The molecule has 2 aromatic carbocycles. The van der Waals surface area contributed by atoms with E-state index in [1.165, 1.54) is 0 Å². The molecule has 0 aromatic heterocycles. The minimum absolute atomic E-state index is 0. The summed E-state index contributed by atoms with van der Waals surface area (Å²) in [7, 11) is 4.91. The molecule has 29 heavy (non-hydrogen) atoms. The number of aliphatic imine (C=N–C) groups is 1. The first kappa shape index (κ1) is 24.8. The van der Waals surface area contributed by atoms with Crippen molar-refractivity contribution in [2.24, 2.45) is 10.7 Å². The summed E-state index contributed by atoms with van der Waals surface area (Å²) in [4.78, 5) is 4.39. The Labute approximate surface area is 189 Å². The summed E-state index contributed by atoms with van der Waals surface area (Å²) in [5, 5.41) is 3.11. The van der Waals surface area contributed by atoms with Gasteiger partial charge in [-0.1, -0.05) is 18.2 Å². The second-order valence-corrected chi connectivity index (χ2v) is 6.09. The van der Waals surface area contributed by atoms with Crippen molar-refractivity contribution in [1.82, 2.24) is 5.32 Å². The monoisotopic (exact) mass is 515 g/mol. The molecule has 0 radical (unpaired) electrons. The molecule has 0 amide bonds. The lowest BCUT2D eigenvalue weighted by molar-refractivity contribution is 0.172. The van der Waals surface area contributed by atoms with Crippen LogP contribution in [0.25, 0.3) is 0 Å². The van der Waals surface area contributed by atoms with Crippen molar-refractivity contribution in [1.29, 1.82) is 0 Å². The van der Waals surface area contributed by atoms with E-state index in [1.54, 1.807) is 21.3 Å². The van der Waals surface area contributed by atoms with Gasteiger partial charge in [0.05, 0.1) is 27.4 Å². The lowest BCUT2D eigenvalue weighted by atomic mass is 10.2. The summed E-state index contributed by atoms with van der Waals surface area (Å²) < 4.78 is 21.3. The Balaban J connectivity index is 0.00000420. The number of nitrogens with one attached hydrogen (secondary N) is 1. The Bertz CT molecular complexity index is 771. The first-order valence-corrected chi connectivity index (χ1v) is 9.11. The summed E-state index contributed by atoms with van der Waals surface area (Å²) >= 11 is 0. The predicted octanol–water partition coefficient (Wildman–Crippen LogP) is 3.34. The molecule has 0 spiro atoms. The standard InChI is InChI=1S/C21H29N3O4.HI/c1-25-10-5-11-28-18-7-4-6-16(12-18)14-23-21(22)24-15-17-8-9-19(26-2)20(13-17)27-3;/h4,6-9,12-13H,5,10-11,14-15H2,1-3H3,(H3,22,23,24);1H. The molecule has 0 saturated carbocycles. The van der Waals surface area contributed by atoms with Crippen LogP contribution in [0.1, 0.15) is 17.5 Å². The summed E-state index contributed by atoms with van der Waals surface area (Å²) in [6.45, 7) is 2.32. The van der Waals surface area contributed by atoms with Gasteiger partial charge in [0.1, 0.15) is 5.75 Å². The van der Waals surface area contributed by atoms with Crippen LogP contribution in [0.3, 0.4) is 0 Å². The van der Waals surface area contributed by atoms with Gasteiger partial charge in [-0.05, 0) is 35.4 Å². The molecule has 0 bridgehead atoms. The quantitative estimate of drug-likeness (QED) is 0.207. The summed E-state index contributed by atoms with van der Waals surface area (Å²) in [6.07, 6.45) is 0.853. The smallest absolute Gasteiger partial charge is 0.189 e. The average molecular weight is 515 g/mol. The maximum atomic E-state index is 5.99. The van der Waals surface area contributed by atoms with Gasteiger partial charge in [0.2, 0.25) is 0 Å². The van der Waals surface area contributed by atoms with E-state index >= 15 is 0 Å². The van der Waals surface area contributed by atoms with Crippen molar-refractivity contribution in [3.8, 4) is 17.2 Å². The highest BCUT2D eigenvalue weighted by Crippen LogP contribution is 2.27. The number of halogens is 1. The van der Waals surface area contributed by atoms with Crippen LogP contribution in [-0.4, -0.2) is 40.5 Å². The van der Waals surface area contributed by atoms with E-state index in [4.69, 9.17) is 24.7 Å². The molecular weight excluding hydrogens is 485 g/mol. The Hall–Kier alpha value is -2.20. The first-order chi connectivity index (χ1) is 13.7. The largest absolute Gasteiger partial charge is 0.493 e. The molecule has 7 nitrogen and oxygen atoms in total. The van der Waals surface area contributed by atoms with Crippen LogP contribution >= 0.6 is 24.0 Å². The van der Waals surface area contributed by atoms with Gasteiger partial charge in [-0.3, -0.25) is 0 Å². The van der Waals surface area contributed by atoms with Gasteiger partial charge >= 0.3 is 0 Å². The minimum atomic E-state index is 0.